The molecular weight excluding hydrogens is 442 g/mol. The Bertz CT molecular complexity index is 693. The van der Waals surface area contributed by atoms with Gasteiger partial charge in [-0.05, 0) is 57.6 Å². The van der Waals surface area contributed by atoms with Crippen LogP contribution in [0.25, 0.3) is 0 Å². The van der Waals surface area contributed by atoms with Crippen LogP contribution in [0, 0.1) is 11.3 Å². The minimum absolute atomic E-state index is 0. The van der Waals surface area contributed by atoms with Gasteiger partial charge in [0.2, 0.25) is 0 Å². The Morgan fingerprint density at radius 2 is 1.52 bits per heavy atom. The summed E-state index contributed by atoms with van der Waals surface area (Å²) in [6.45, 7) is 11.5. The van der Waals surface area contributed by atoms with Gasteiger partial charge in [-0.1, -0.05) is 70.9 Å². The predicted octanol–water partition coefficient (Wildman–Crippen LogP) is 6.73. The molecule has 136 valence electrons. The molecule has 0 heterocycles. The predicted molar refractivity (Wildman–Crippen MR) is 110 cm³/mol. The maximum absolute atomic E-state index is 6.99. The van der Waals surface area contributed by atoms with Crippen LogP contribution in [0.4, 0.5) is 0 Å². The van der Waals surface area contributed by atoms with Gasteiger partial charge in [-0.15, -0.1) is 0 Å². The van der Waals surface area contributed by atoms with Crippen molar-refractivity contribution < 1.29 is 26.2 Å². The van der Waals surface area contributed by atoms with Crippen LogP contribution in [-0.2, 0) is 26.2 Å². The molecule has 0 amide bonds. The Labute approximate surface area is 185 Å². The number of allylic oxidation sites excluding steroid dienone is 8. The van der Waals surface area contributed by atoms with E-state index in [0.29, 0.717) is 0 Å². The van der Waals surface area contributed by atoms with Crippen LogP contribution in [0.2, 0.25) is 0 Å². The second-order valence-electron chi connectivity index (χ2n) is 8.22. The standard InChI is InChI=1S/C21H30Cl2Si.Zr/c1-12-11-17(22)13(2)18(12)24-19-14(3)20(23)21(5,15(19)4)16-9-7-6-8-10-16;/h16H,6-11,24H2,1-5H3;. The second kappa shape index (κ2) is 8.34. The maximum atomic E-state index is 6.99. The third-order valence-electron chi connectivity index (χ3n) is 7.04. The van der Waals surface area contributed by atoms with Crippen LogP contribution in [0.1, 0.15) is 73.1 Å². The molecule has 1 atom stereocenters. The summed E-state index contributed by atoms with van der Waals surface area (Å²) in [7, 11) is -0.519. The van der Waals surface area contributed by atoms with Crippen molar-refractivity contribution >= 4 is 32.7 Å². The molecule has 0 N–H and O–H groups in total. The number of hydrogen-bond acceptors (Lipinski definition) is 0. The van der Waals surface area contributed by atoms with E-state index in [1.165, 1.54) is 48.8 Å². The first-order valence-electron chi connectivity index (χ1n) is 9.40. The van der Waals surface area contributed by atoms with Crippen LogP contribution in [0.3, 0.4) is 0 Å². The van der Waals surface area contributed by atoms with Crippen molar-refractivity contribution in [3.63, 3.8) is 0 Å². The number of halogens is 2. The Hall–Kier alpha value is 0.640. The smallest absolute Gasteiger partial charge is 0.0882 e. The number of hydrogen-bond donors (Lipinski definition) is 0. The largest absolute Gasteiger partial charge is 0.0885 e. The van der Waals surface area contributed by atoms with Gasteiger partial charge in [-0.2, -0.15) is 0 Å². The van der Waals surface area contributed by atoms with Gasteiger partial charge in [0.25, 0.3) is 0 Å². The molecule has 3 aliphatic carbocycles. The average molecular weight is 473 g/mol. The summed E-state index contributed by atoms with van der Waals surface area (Å²) in [6.07, 6.45) is 7.75. The second-order valence-corrected chi connectivity index (χ2v) is 10.8. The molecule has 0 spiro atoms. The summed E-state index contributed by atoms with van der Waals surface area (Å²) in [5.74, 6) is 0.721. The van der Waals surface area contributed by atoms with Crippen molar-refractivity contribution in [3.8, 4) is 0 Å². The molecule has 3 aliphatic rings. The molecule has 25 heavy (non-hydrogen) atoms. The molecule has 0 aromatic heterocycles. The van der Waals surface area contributed by atoms with E-state index in [0.717, 1.165) is 22.4 Å². The van der Waals surface area contributed by atoms with Crippen LogP contribution >= 0.6 is 23.2 Å². The molecular formula is C21H30Cl2SiZr. The third-order valence-corrected chi connectivity index (χ3v) is 11.0. The normalized spacial score (nSPS) is 28.9. The minimum Gasteiger partial charge on any atom is -0.0885 e. The van der Waals surface area contributed by atoms with Gasteiger partial charge in [-0.25, -0.2) is 0 Å². The van der Waals surface area contributed by atoms with E-state index >= 15 is 0 Å². The summed E-state index contributed by atoms with van der Waals surface area (Å²) < 4.78 is 0. The van der Waals surface area contributed by atoms with Gasteiger partial charge in [0.05, 0.1) is 9.52 Å². The van der Waals surface area contributed by atoms with Gasteiger partial charge in [0.1, 0.15) is 0 Å². The molecule has 3 rings (SSSR count). The van der Waals surface area contributed by atoms with Gasteiger partial charge < -0.3 is 0 Å². The molecule has 0 nitrogen and oxygen atoms in total. The van der Waals surface area contributed by atoms with Gasteiger partial charge >= 0.3 is 0 Å². The molecule has 1 unspecified atom stereocenters. The first-order chi connectivity index (χ1) is 11.3. The van der Waals surface area contributed by atoms with E-state index in [-0.39, 0.29) is 31.6 Å². The van der Waals surface area contributed by atoms with Crippen LogP contribution in [0.5, 0.6) is 0 Å². The zero-order valence-electron chi connectivity index (χ0n) is 16.3. The molecule has 0 saturated heterocycles. The molecule has 0 radical (unpaired) electrons. The van der Waals surface area contributed by atoms with Crippen molar-refractivity contribution in [1.29, 1.82) is 0 Å². The Balaban J connectivity index is 0.00000225. The van der Waals surface area contributed by atoms with Gasteiger partial charge in [-0.3, -0.25) is 0 Å². The fourth-order valence-corrected chi connectivity index (χ4v) is 8.41. The molecule has 1 saturated carbocycles. The zero-order chi connectivity index (χ0) is 17.6. The molecule has 1 fully saturated rings. The van der Waals surface area contributed by atoms with Crippen LogP contribution in [0.15, 0.2) is 42.7 Å². The van der Waals surface area contributed by atoms with E-state index in [1.807, 2.05) is 0 Å². The van der Waals surface area contributed by atoms with E-state index in [2.05, 4.69) is 34.6 Å². The molecule has 0 aromatic rings. The van der Waals surface area contributed by atoms with Crippen molar-refractivity contribution in [3.05, 3.63) is 42.7 Å². The molecule has 0 bridgehead atoms. The van der Waals surface area contributed by atoms with Gasteiger partial charge in [0.15, 0.2) is 0 Å². The minimum atomic E-state index is -0.519. The summed E-state index contributed by atoms with van der Waals surface area (Å²) in [5.41, 5.74) is 5.86. The van der Waals surface area contributed by atoms with Crippen LogP contribution < -0.4 is 0 Å². The zero-order valence-corrected chi connectivity index (χ0v) is 21.7. The number of rotatable bonds is 3. The van der Waals surface area contributed by atoms with Gasteiger partial charge in [0, 0.05) is 48.1 Å². The van der Waals surface area contributed by atoms with Crippen molar-refractivity contribution in [2.45, 2.75) is 73.1 Å². The van der Waals surface area contributed by atoms with E-state index in [9.17, 15) is 0 Å². The SMILES string of the molecule is CC1=C([SiH2]C2=C(C)C(C)(C3CCCCC3)C(Cl)=C2C)C(C)=C(Cl)C1.[Zr]. The summed E-state index contributed by atoms with van der Waals surface area (Å²) in [6, 6.07) is 0. The average Bonchev–Trinajstić information content (AvgIpc) is 2.91. The maximum Gasteiger partial charge on any atom is 0.0882 e. The van der Waals surface area contributed by atoms with Crippen molar-refractivity contribution in [2.24, 2.45) is 11.3 Å². The van der Waals surface area contributed by atoms with E-state index in [1.54, 1.807) is 16.0 Å². The summed E-state index contributed by atoms with van der Waals surface area (Å²) in [4.78, 5) is 0. The van der Waals surface area contributed by atoms with E-state index in [4.69, 9.17) is 23.2 Å². The first kappa shape index (κ1) is 21.9. The fourth-order valence-electron chi connectivity index (χ4n) is 5.13. The van der Waals surface area contributed by atoms with E-state index < -0.39 is 9.52 Å². The summed E-state index contributed by atoms with van der Waals surface area (Å²) in [5, 5.41) is 5.37. The van der Waals surface area contributed by atoms with Crippen molar-refractivity contribution in [2.75, 3.05) is 0 Å². The summed E-state index contributed by atoms with van der Waals surface area (Å²) >= 11 is 13.4. The molecule has 0 aromatic carbocycles. The first-order valence-corrected chi connectivity index (χ1v) is 11.6. The Kier molecular flexibility index (Phi) is 7.32. The molecule has 4 heteroatoms. The Morgan fingerprint density at radius 1 is 0.920 bits per heavy atom. The topological polar surface area (TPSA) is 0 Å². The fraction of sp³-hybridized carbons (Fsp3) is 0.619. The monoisotopic (exact) mass is 470 g/mol. The van der Waals surface area contributed by atoms with Crippen LogP contribution in [-0.4, -0.2) is 9.52 Å². The van der Waals surface area contributed by atoms with Crippen molar-refractivity contribution in [1.82, 2.24) is 0 Å². The Morgan fingerprint density at radius 3 is 2.04 bits per heavy atom. The third kappa shape index (κ3) is 3.67. The molecule has 0 aliphatic heterocycles. The quantitative estimate of drug-likeness (QED) is 0.400.